The fourth-order valence-electron chi connectivity index (χ4n) is 4.03. The van der Waals surface area contributed by atoms with Gasteiger partial charge in [0.05, 0.1) is 38.3 Å². The van der Waals surface area contributed by atoms with Crippen LogP contribution >= 0.6 is 0 Å². The van der Waals surface area contributed by atoms with Crippen LogP contribution in [0.25, 0.3) is 0 Å². The van der Waals surface area contributed by atoms with E-state index in [0.717, 1.165) is 11.1 Å². The van der Waals surface area contributed by atoms with Crippen LogP contribution in [0.15, 0.2) is 76.0 Å². The minimum Gasteiger partial charge on any atom is -0.460 e. The first kappa shape index (κ1) is 32.2. The van der Waals surface area contributed by atoms with E-state index in [0.29, 0.717) is 19.6 Å². The Morgan fingerprint density at radius 1 is 1.07 bits per heavy atom. The zero-order chi connectivity index (χ0) is 30.4. The number of benzene rings is 2. The number of carbonyl (C=O) groups excluding carboxylic acids is 3. The van der Waals surface area contributed by atoms with Gasteiger partial charge in [-0.1, -0.05) is 65.9 Å². The minimum atomic E-state index is -1.17. The van der Waals surface area contributed by atoms with Gasteiger partial charge in [0.1, 0.15) is 18.8 Å². The number of likely N-dealkylation sites (tertiary alicyclic amines) is 1. The number of hydrogen-bond acceptors (Lipinski definition) is 9. The van der Waals surface area contributed by atoms with Gasteiger partial charge in [0.15, 0.2) is 5.84 Å². The van der Waals surface area contributed by atoms with Gasteiger partial charge in [0.25, 0.3) is 0 Å². The summed E-state index contributed by atoms with van der Waals surface area (Å²) in [4.78, 5) is 43.2. The summed E-state index contributed by atoms with van der Waals surface area (Å²) in [5, 5.41) is 9.96. The molecule has 0 spiro atoms. The molecule has 5 N–H and O–H groups in total. The third-order valence-corrected chi connectivity index (χ3v) is 6.24. The molecule has 1 fully saturated rings. The molecule has 0 aromatic heterocycles. The Kier molecular flexibility index (Phi) is 12.4. The van der Waals surface area contributed by atoms with E-state index in [-0.39, 0.29) is 44.5 Å². The molecule has 42 heavy (non-hydrogen) atoms. The van der Waals surface area contributed by atoms with Gasteiger partial charge < -0.3 is 36.0 Å². The molecule has 1 aliphatic heterocycles. The second-order valence-electron chi connectivity index (χ2n) is 10.3. The summed E-state index contributed by atoms with van der Waals surface area (Å²) in [6.45, 7) is 4.06. The largest absolute Gasteiger partial charge is 0.460 e. The number of ether oxygens (including phenoxy) is 3. The standard InChI is InChI=1S/C29H39N7O6/c1-29(2,30)27(38)33-24(20-40-19-22-11-7-4-8-12-22)26(34-35-31)32-14-16-41-28(39)36-15-13-23(18-36)42-25(37)17-21-9-5-3-6-10-21/h3-12,23-24H,13-20,30H2,1-2H3,(H,33,38)(H2,31,32,34)/t23?,24-/m1/s1. The van der Waals surface area contributed by atoms with Gasteiger partial charge in [-0.3, -0.25) is 14.6 Å². The normalized spacial score (nSPS) is 16.3. The first-order chi connectivity index (χ1) is 20.2. The Labute approximate surface area is 245 Å². The molecule has 1 saturated heterocycles. The lowest BCUT2D eigenvalue weighted by atomic mass is 10.1. The van der Waals surface area contributed by atoms with Crippen LogP contribution < -0.4 is 16.9 Å². The molecule has 0 bridgehead atoms. The van der Waals surface area contributed by atoms with Crippen molar-refractivity contribution in [2.45, 2.75) is 51.0 Å². The number of aliphatic imine (C=N–C) groups is 1. The van der Waals surface area contributed by atoms with E-state index in [4.69, 9.17) is 25.8 Å². The van der Waals surface area contributed by atoms with Crippen molar-refractivity contribution in [2.75, 3.05) is 32.8 Å². The number of nitrogens with one attached hydrogen (secondary N) is 1. The van der Waals surface area contributed by atoms with E-state index in [1.54, 1.807) is 13.8 Å². The highest BCUT2D eigenvalue weighted by molar-refractivity contribution is 5.94. The minimum absolute atomic E-state index is 0.0204. The van der Waals surface area contributed by atoms with Crippen molar-refractivity contribution in [1.82, 2.24) is 10.2 Å². The van der Waals surface area contributed by atoms with Crippen molar-refractivity contribution < 1.29 is 28.6 Å². The van der Waals surface area contributed by atoms with Crippen molar-refractivity contribution in [3.05, 3.63) is 71.8 Å². The molecular formula is C29H39N7O6. The molecule has 2 aromatic carbocycles. The summed E-state index contributed by atoms with van der Waals surface area (Å²) in [6, 6.07) is 18.0. The number of amidine groups is 1. The first-order valence-corrected chi connectivity index (χ1v) is 13.7. The number of rotatable bonds is 13. The van der Waals surface area contributed by atoms with E-state index in [9.17, 15) is 14.4 Å². The van der Waals surface area contributed by atoms with Crippen LogP contribution in [0.3, 0.4) is 0 Å². The number of nitrogens with zero attached hydrogens (tertiary/aromatic N) is 4. The fourth-order valence-corrected chi connectivity index (χ4v) is 4.03. The molecule has 2 aromatic rings. The summed E-state index contributed by atoms with van der Waals surface area (Å²) in [5.41, 5.74) is 6.59. The summed E-state index contributed by atoms with van der Waals surface area (Å²) >= 11 is 0. The van der Waals surface area contributed by atoms with Gasteiger partial charge in [-0.15, -0.1) is 5.11 Å². The maximum Gasteiger partial charge on any atom is 0.409 e. The van der Waals surface area contributed by atoms with Crippen molar-refractivity contribution in [2.24, 2.45) is 26.9 Å². The molecule has 1 heterocycles. The summed E-state index contributed by atoms with van der Waals surface area (Å²) in [5.74, 6) is 4.60. The van der Waals surface area contributed by atoms with Gasteiger partial charge in [-0.25, -0.2) is 4.79 Å². The zero-order valence-electron chi connectivity index (χ0n) is 24.0. The second-order valence-corrected chi connectivity index (χ2v) is 10.3. The molecule has 3 rings (SSSR count). The van der Waals surface area contributed by atoms with E-state index < -0.39 is 29.7 Å². The topological polar surface area (TPSA) is 183 Å². The predicted molar refractivity (Wildman–Crippen MR) is 155 cm³/mol. The lowest BCUT2D eigenvalue weighted by molar-refractivity contribution is -0.147. The van der Waals surface area contributed by atoms with Crippen molar-refractivity contribution >= 4 is 23.8 Å². The molecule has 226 valence electrons. The molecule has 13 heteroatoms. The smallest absolute Gasteiger partial charge is 0.409 e. The number of carbonyl (C=O) groups is 3. The van der Waals surface area contributed by atoms with Gasteiger partial charge in [0.2, 0.25) is 5.91 Å². The Bertz CT molecular complexity index is 1220. The highest BCUT2D eigenvalue weighted by atomic mass is 16.6. The zero-order valence-corrected chi connectivity index (χ0v) is 24.0. The number of hydrogen-bond donors (Lipinski definition) is 3. The Hall–Kier alpha value is -4.36. The number of esters is 1. The van der Waals surface area contributed by atoms with Crippen LogP contribution in [0, 0.1) is 0 Å². The lowest BCUT2D eigenvalue weighted by Gasteiger charge is -2.23. The van der Waals surface area contributed by atoms with E-state index in [1.807, 2.05) is 60.7 Å². The van der Waals surface area contributed by atoms with Crippen LogP contribution in [0.4, 0.5) is 4.79 Å². The van der Waals surface area contributed by atoms with E-state index in [1.165, 1.54) is 4.90 Å². The lowest BCUT2D eigenvalue weighted by Crippen LogP contribution is -2.55. The maximum atomic E-state index is 12.6. The van der Waals surface area contributed by atoms with Crippen LogP contribution in [0.1, 0.15) is 31.4 Å². The second kappa shape index (κ2) is 16.2. The van der Waals surface area contributed by atoms with Crippen molar-refractivity contribution in [1.29, 1.82) is 0 Å². The molecule has 1 aliphatic rings. The van der Waals surface area contributed by atoms with E-state index >= 15 is 0 Å². The molecule has 0 saturated carbocycles. The Balaban J connectivity index is 1.50. The van der Waals surface area contributed by atoms with Gasteiger partial charge in [0, 0.05) is 13.0 Å². The molecule has 13 nitrogen and oxygen atoms in total. The average molecular weight is 582 g/mol. The van der Waals surface area contributed by atoms with Crippen LogP contribution in [-0.4, -0.2) is 79.2 Å². The van der Waals surface area contributed by atoms with Crippen molar-refractivity contribution in [3.8, 4) is 0 Å². The number of nitrogens with two attached hydrogens (primary N) is 2. The van der Waals surface area contributed by atoms with Crippen LogP contribution in [0.5, 0.6) is 0 Å². The highest BCUT2D eigenvalue weighted by Crippen LogP contribution is 2.15. The molecule has 0 aliphatic carbocycles. The van der Waals surface area contributed by atoms with Gasteiger partial charge >= 0.3 is 12.1 Å². The van der Waals surface area contributed by atoms with Crippen LogP contribution in [0.2, 0.25) is 0 Å². The number of amides is 2. The quantitative estimate of drug-likeness (QED) is 0.0611. The summed E-state index contributed by atoms with van der Waals surface area (Å²) < 4.78 is 16.7. The van der Waals surface area contributed by atoms with Crippen molar-refractivity contribution in [3.63, 3.8) is 0 Å². The molecule has 2 atom stereocenters. The molecule has 0 radical (unpaired) electrons. The highest BCUT2D eigenvalue weighted by Gasteiger charge is 2.30. The Morgan fingerprint density at radius 2 is 1.74 bits per heavy atom. The fraction of sp³-hybridized carbons (Fsp3) is 0.448. The molecule has 1 unspecified atom stereocenters. The Morgan fingerprint density at radius 3 is 2.38 bits per heavy atom. The average Bonchev–Trinajstić information content (AvgIpc) is 3.43. The summed E-state index contributed by atoms with van der Waals surface area (Å²) in [6.07, 6.45) is -0.245. The third-order valence-electron chi connectivity index (χ3n) is 6.24. The maximum absolute atomic E-state index is 12.6. The SMILES string of the molecule is CC(C)(N)C(=O)N[C@H](COCc1ccccc1)C(N=NN)=NCCOC(=O)N1CCC(OC(=O)Cc2ccccc2)C1. The van der Waals surface area contributed by atoms with Crippen LogP contribution in [-0.2, 0) is 36.8 Å². The van der Waals surface area contributed by atoms with E-state index in [2.05, 4.69) is 20.6 Å². The van der Waals surface area contributed by atoms with Gasteiger partial charge in [-0.05, 0) is 25.0 Å². The monoisotopic (exact) mass is 581 g/mol. The molecule has 2 amide bonds. The first-order valence-electron chi connectivity index (χ1n) is 13.7. The van der Waals surface area contributed by atoms with Gasteiger partial charge in [-0.2, -0.15) is 0 Å². The molecular weight excluding hydrogens is 542 g/mol. The third kappa shape index (κ3) is 10.9. The summed E-state index contributed by atoms with van der Waals surface area (Å²) in [7, 11) is 0. The predicted octanol–water partition coefficient (Wildman–Crippen LogP) is 2.15.